The highest BCUT2D eigenvalue weighted by molar-refractivity contribution is 9.10. The van der Waals surface area contributed by atoms with Crippen molar-refractivity contribution in [2.24, 2.45) is 0 Å². The Labute approximate surface area is 112 Å². The standard InChI is InChI=1S/C12H23BrN2O2/c1-11(2,15-5-7-17-8-6-15)9-14-10(16)12(3,4)13/h5-9H2,1-4H3,(H,14,16). The summed E-state index contributed by atoms with van der Waals surface area (Å²) < 4.78 is 4.83. The summed E-state index contributed by atoms with van der Waals surface area (Å²) in [7, 11) is 0. The van der Waals surface area contributed by atoms with Gasteiger partial charge in [-0.05, 0) is 27.7 Å². The maximum absolute atomic E-state index is 11.8. The zero-order valence-electron chi connectivity index (χ0n) is 11.2. The lowest BCUT2D eigenvalue weighted by atomic mass is 10.0. The van der Waals surface area contributed by atoms with Crippen LogP contribution in [-0.4, -0.2) is 53.5 Å². The molecular weight excluding hydrogens is 284 g/mol. The van der Waals surface area contributed by atoms with Gasteiger partial charge >= 0.3 is 0 Å². The fraction of sp³-hybridized carbons (Fsp3) is 0.917. The summed E-state index contributed by atoms with van der Waals surface area (Å²) in [5.74, 6) is 0.0267. The van der Waals surface area contributed by atoms with Gasteiger partial charge < -0.3 is 10.1 Å². The molecule has 1 aliphatic heterocycles. The zero-order valence-corrected chi connectivity index (χ0v) is 12.8. The Hall–Kier alpha value is -0.130. The van der Waals surface area contributed by atoms with Crippen molar-refractivity contribution < 1.29 is 9.53 Å². The molecule has 1 aliphatic rings. The van der Waals surface area contributed by atoms with E-state index in [1.54, 1.807) is 0 Å². The van der Waals surface area contributed by atoms with Gasteiger partial charge in [0, 0.05) is 25.2 Å². The molecule has 0 spiro atoms. The summed E-state index contributed by atoms with van der Waals surface area (Å²) in [6, 6.07) is 0. The fourth-order valence-electron chi connectivity index (χ4n) is 1.79. The third-order valence-corrected chi connectivity index (χ3v) is 3.45. The van der Waals surface area contributed by atoms with Crippen LogP contribution in [0.1, 0.15) is 27.7 Å². The molecule has 1 N–H and O–H groups in total. The molecule has 1 rings (SSSR count). The molecule has 0 saturated carbocycles. The molecule has 0 aromatic heterocycles. The van der Waals surface area contributed by atoms with Crippen LogP contribution in [0.3, 0.4) is 0 Å². The van der Waals surface area contributed by atoms with Crippen LogP contribution in [-0.2, 0) is 9.53 Å². The molecule has 0 atom stereocenters. The van der Waals surface area contributed by atoms with Gasteiger partial charge in [0.05, 0.1) is 17.5 Å². The van der Waals surface area contributed by atoms with Gasteiger partial charge in [-0.25, -0.2) is 0 Å². The van der Waals surface area contributed by atoms with Crippen molar-refractivity contribution in [1.82, 2.24) is 10.2 Å². The molecule has 0 bridgehead atoms. The first-order valence-electron chi connectivity index (χ1n) is 6.03. The van der Waals surface area contributed by atoms with Crippen LogP contribution in [0.15, 0.2) is 0 Å². The van der Waals surface area contributed by atoms with E-state index in [4.69, 9.17) is 4.74 Å². The minimum Gasteiger partial charge on any atom is -0.379 e. The second kappa shape index (κ2) is 5.67. The van der Waals surface area contributed by atoms with Crippen molar-refractivity contribution in [3.8, 4) is 0 Å². The molecule has 1 fully saturated rings. The first kappa shape index (κ1) is 14.9. The molecule has 1 heterocycles. The third kappa shape index (κ3) is 4.56. The first-order valence-corrected chi connectivity index (χ1v) is 6.83. The number of nitrogens with one attached hydrogen (secondary N) is 1. The fourth-order valence-corrected chi connectivity index (χ4v) is 1.93. The number of carbonyl (C=O) groups excluding carboxylic acids is 1. The van der Waals surface area contributed by atoms with E-state index in [1.807, 2.05) is 13.8 Å². The van der Waals surface area contributed by atoms with Crippen molar-refractivity contribution in [3.63, 3.8) is 0 Å². The number of rotatable bonds is 4. The van der Waals surface area contributed by atoms with Crippen LogP contribution in [0.25, 0.3) is 0 Å². The third-order valence-electron chi connectivity index (χ3n) is 3.09. The molecular formula is C12H23BrN2O2. The molecule has 1 saturated heterocycles. The number of hydrogen-bond donors (Lipinski definition) is 1. The molecule has 0 aliphatic carbocycles. The van der Waals surface area contributed by atoms with E-state index in [1.165, 1.54) is 0 Å². The van der Waals surface area contributed by atoms with Crippen LogP contribution in [0.2, 0.25) is 0 Å². The normalized spacial score (nSPS) is 19.1. The zero-order chi connectivity index (χ0) is 13.1. The van der Waals surface area contributed by atoms with Crippen LogP contribution in [0.4, 0.5) is 0 Å². The monoisotopic (exact) mass is 306 g/mol. The van der Waals surface area contributed by atoms with Gasteiger partial charge in [0.25, 0.3) is 0 Å². The second-order valence-corrected chi connectivity index (χ2v) is 7.55. The number of alkyl halides is 1. The summed E-state index contributed by atoms with van der Waals surface area (Å²) in [5, 5.41) is 2.99. The van der Waals surface area contributed by atoms with Crippen molar-refractivity contribution in [2.45, 2.75) is 37.6 Å². The SMILES string of the molecule is CC(C)(Br)C(=O)NCC(C)(C)N1CCOCC1. The Bertz CT molecular complexity index is 268. The van der Waals surface area contributed by atoms with Gasteiger partial charge in [-0.2, -0.15) is 0 Å². The van der Waals surface area contributed by atoms with Gasteiger partial charge in [0.15, 0.2) is 0 Å². The van der Waals surface area contributed by atoms with Gasteiger partial charge in [-0.1, -0.05) is 15.9 Å². The Balaban J connectivity index is 2.46. The van der Waals surface area contributed by atoms with Gasteiger partial charge in [0.1, 0.15) is 0 Å². The van der Waals surface area contributed by atoms with E-state index in [2.05, 4.69) is 40.0 Å². The summed E-state index contributed by atoms with van der Waals surface area (Å²) >= 11 is 3.36. The molecule has 100 valence electrons. The topological polar surface area (TPSA) is 41.6 Å². The van der Waals surface area contributed by atoms with Gasteiger partial charge in [-0.3, -0.25) is 9.69 Å². The van der Waals surface area contributed by atoms with Crippen molar-refractivity contribution >= 4 is 21.8 Å². The Kier molecular flexibility index (Phi) is 4.98. The minimum atomic E-state index is -0.506. The highest BCUT2D eigenvalue weighted by Gasteiger charge is 2.31. The van der Waals surface area contributed by atoms with E-state index in [9.17, 15) is 4.79 Å². The second-order valence-electron chi connectivity index (χ2n) is 5.57. The van der Waals surface area contributed by atoms with Crippen molar-refractivity contribution in [2.75, 3.05) is 32.8 Å². The predicted molar refractivity (Wildman–Crippen MR) is 72.5 cm³/mol. The van der Waals surface area contributed by atoms with E-state index >= 15 is 0 Å². The molecule has 4 nitrogen and oxygen atoms in total. The molecule has 0 unspecified atom stereocenters. The number of halogens is 1. The predicted octanol–water partition coefficient (Wildman–Crippen LogP) is 1.39. The molecule has 17 heavy (non-hydrogen) atoms. The molecule has 1 amide bonds. The maximum atomic E-state index is 11.8. The largest absolute Gasteiger partial charge is 0.379 e. The van der Waals surface area contributed by atoms with E-state index in [0.717, 1.165) is 26.3 Å². The number of morpholine rings is 1. The maximum Gasteiger partial charge on any atom is 0.236 e. The highest BCUT2D eigenvalue weighted by atomic mass is 79.9. The summed E-state index contributed by atoms with van der Waals surface area (Å²) in [4.78, 5) is 14.2. The van der Waals surface area contributed by atoms with Crippen LogP contribution in [0.5, 0.6) is 0 Å². The highest BCUT2D eigenvalue weighted by Crippen LogP contribution is 2.18. The van der Waals surface area contributed by atoms with Crippen LogP contribution in [0, 0.1) is 0 Å². The molecule has 5 heteroatoms. The number of carbonyl (C=O) groups is 1. The average molecular weight is 307 g/mol. The Morgan fingerprint density at radius 3 is 2.29 bits per heavy atom. The smallest absolute Gasteiger partial charge is 0.236 e. The van der Waals surface area contributed by atoms with E-state index in [0.29, 0.717) is 6.54 Å². The minimum absolute atomic E-state index is 0.0267. The molecule has 0 aromatic carbocycles. The Morgan fingerprint density at radius 2 is 1.82 bits per heavy atom. The quantitative estimate of drug-likeness (QED) is 0.798. The number of amides is 1. The lowest BCUT2D eigenvalue weighted by Gasteiger charge is -2.41. The summed E-state index contributed by atoms with van der Waals surface area (Å²) in [6.45, 7) is 12.1. The van der Waals surface area contributed by atoms with Crippen molar-refractivity contribution in [3.05, 3.63) is 0 Å². The van der Waals surface area contributed by atoms with E-state index in [-0.39, 0.29) is 11.4 Å². The van der Waals surface area contributed by atoms with Gasteiger partial charge in [-0.15, -0.1) is 0 Å². The molecule has 0 radical (unpaired) electrons. The van der Waals surface area contributed by atoms with E-state index < -0.39 is 4.32 Å². The van der Waals surface area contributed by atoms with Gasteiger partial charge in [0.2, 0.25) is 5.91 Å². The number of hydrogen-bond acceptors (Lipinski definition) is 3. The Morgan fingerprint density at radius 1 is 1.29 bits per heavy atom. The number of nitrogens with zero attached hydrogens (tertiary/aromatic N) is 1. The summed E-state index contributed by atoms with van der Waals surface area (Å²) in [6.07, 6.45) is 0. The molecule has 0 aromatic rings. The lowest BCUT2D eigenvalue weighted by Crippen LogP contribution is -2.56. The first-order chi connectivity index (χ1) is 7.73. The van der Waals surface area contributed by atoms with Crippen molar-refractivity contribution in [1.29, 1.82) is 0 Å². The summed E-state index contributed by atoms with van der Waals surface area (Å²) in [5.41, 5.74) is -0.0301. The number of ether oxygens (including phenoxy) is 1. The van der Waals surface area contributed by atoms with Crippen LogP contribution < -0.4 is 5.32 Å². The lowest BCUT2D eigenvalue weighted by molar-refractivity contribution is -0.123. The average Bonchev–Trinajstić information content (AvgIpc) is 2.26. The van der Waals surface area contributed by atoms with Crippen LogP contribution >= 0.6 is 15.9 Å².